The van der Waals surface area contributed by atoms with E-state index in [0.717, 1.165) is 4.90 Å². The fraction of sp³-hybridized carbons (Fsp3) is 0.133. The molecule has 0 radical (unpaired) electrons. The molecule has 8 heteroatoms. The molecule has 3 aliphatic rings. The zero-order valence-electron chi connectivity index (χ0n) is 19.8. The van der Waals surface area contributed by atoms with Gasteiger partial charge in [0.05, 0.1) is 23.6 Å². The van der Waals surface area contributed by atoms with E-state index in [9.17, 15) is 23.6 Å². The molecule has 0 aliphatic carbocycles. The number of carbonyl (C=O) groups is 4. The van der Waals surface area contributed by atoms with Crippen molar-refractivity contribution >= 4 is 40.7 Å². The Bertz CT molecular complexity index is 1530. The number of fused-ring (bicyclic) bond motifs is 3. The van der Waals surface area contributed by atoms with Crippen LogP contribution in [0, 0.1) is 17.7 Å². The number of halogens is 2. The van der Waals surface area contributed by atoms with Crippen LogP contribution in [0.2, 0.25) is 5.02 Å². The van der Waals surface area contributed by atoms with Crippen molar-refractivity contribution in [2.45, 2.75) is 12.1 Å². The summed E-state index contributed by atoms with van der Waals surface area (Å²) in [4.78, 5) is 57.2. The maximum Gasteiger partial charge on any atom is 0.240 e. The van der Waals surface area contributed by atoms with Gasteiger partial charge in [-0.1, -0.05) is 48.0 Å². The predicted molar refractivity (Wildman–Crippen MR) is 139 cm³/mol. The highest BCUT2D eigenvalue weighted by molar-refractivity contribution is 6.30. The van der Waals surface area contributed by atoms with Crippen molar-refractivity contribution in [2.75, 3.05) is 4.90 Å². The first-order chi connectivity index (χ1) is 18.3. The Hall–Kier alpha value is -4.36. The molecule has 6 nitrogen and oxygen atoms in total. The Labute approximate surface area is 222 Å². The summed E-state index contributed by atoms with van der Waals surface area (Å²) in [7, 11) is 0. The number of Topliss-reactive ketones (excluding diaryl/α,β-unsaturated/α-hetero) is 2. The van der Waals surface area contributed by atoms with Gasteiger partial charge in [0.25, 0.3) is 0 Å². The maximum absolute atomic E-state index is 13.8. The first kappa shape index (κ1) is 24.0. The molecule has 38 heavy (non-hydrogen) atoms. The smallest absolute Gasteiger partial charge is 0.240 e. The topological polar surface area (TPSA) is 74.8 Å². The molecule has 3 aromatic carbocycles. The largest absolute Gasteiger partial charge is 0.359 e. The third-order valence-electron chi connectivity index (χ3n) is 7.33. The number of nitrogens with zero attached hydrogens (tertiary/aromatic N) is 2. The standard InChI is InChI=1S/C30H20ClFN2O4/c31-20-8-6-18(7-9-20)28(36)26-25-24(29(37)34(30(25)38)22-12-10-21(32)11-13-22)23-16-19(14-15-33(23)26)27(35)17-4-2-1-3-5-17/h1-16,23-26H/t23-,24-,25-,26+/m1/s1. The van der Waals surface area contributed by atoms with Gasteiger partial charge >= 0.3 is 0 Å². The van der Waals surface area contributed by atoms with E-state index in [4.69, 9.17) is 11.6 Å². The summed E-state index contributed by atoms with van der Waals surface area (Å²) < 4.78 is 13.6. The number of hydrogen-bond acceptors (Lipinski definition) is 5. The highest BCUT2D eigenvalue weighted by Crippen LogP contribution is 2.47. The van der Waals surface area contributed by atoms with Gasteiger partial charge in [-0.15, -0.1) is 0 Å². The minimum atomic E-state index is -0.993. The van der Waals surface area contributed by atoms with Crippen LogP contribution in [0.25, 0.3) is 0 Å². The SMILES string of the molecule is O=C(C1=C[C@@H]2[C@H]3C(=O)N(c4ccc(F)cc4)C(=O)[C@H]3[C@@H](C(=O)c3ccc(Cl)cc3)N2C=C1)c1ccccc1. The zero-order valence-corrected chi connectivity index (χ0v) is 20.6. The number of rotatable bonds is 5. The summed E-state index contributed by atoms with van der Waals surface area (Å²) in [6.07, 6.45) is 4.91. The van der Waals surface area contributed by atoms with Crippen LogP contribution >= 0.6 is 11.6 Å². The van der Waals surface area contributed by atoms with E-state index >= 15 is 0 Å². The lowest BCUT2D eigenvalue weighted by Gasteiger charge is -2.32. The van der Waals surface area contributed by atoms with E-state index in [2.05, 4.69) is 0 Å². The quantitative estimate of drug-likeness (QED) is 0.351. The van der Waals surface area contributed by atoms with E-state index in [1.807, 2.05) is 6.07 Å². The van der Waals surface area contributed by atoms with Crippen molar-refractivity contribution in [3.8, 4) is 0 Å². The molecule has 0 spiro atoms. The Balaban J connectivity index is 1.43. The van der Waals surface area contributed by atoms with Gasteiger partial charge in [0.1, 0.15) is 11.9 Å². The van der Waals surface area contributed by atoms with E-state index < -0.39 is 41.6 Å². The normalized spacial score (nSPS) is 23.8. The van der Waals surface area contributed by atoms with Crippen LogP contribution < -0.4 is 4.90 Å². The van der Waals surface area contributed by atoms with E-state index in [1.54, 1.807) is 71.8 Å². The second-order valence-corrected chi connectivity index (χ2v) is 9.86. The molecule has 3 heterocycles. The second-order valence-electron chi connectivity index (χ2n) is 9.43. The highest BCUT2D eigenvalue weighted by Gasteiger charge is 2.63. The molecule has 188 valence electrons. The second kappa shape index (κ2) is 9.19. The fourth-order valence-electron chi connectivity index (χ4n) is 5.58. The third-order valence-corrected chi connectivity index (χ3v) is 7.58. The number of benzene rings is 3. The number of imide groups is 1. The van der Waals surface area contributed by atoms with Crippen LogP contribution in [0.5, 0.6) is 0 Å². The zero-order chi connectivity index (χ0) is 26.6. The summed E-state index contributed by atoms with van der Waals surface area (Å²) in [6.45, 7) is 0. The maximum atomic E-state index is 13.8. The van der Waals surface area contributed by atoms with E-state index in [-0.39, 0.29) is 17.3 Å². The molecule has 3 aromatic rings. The average molecular weight is 527 g/mol. The lowest BCUT2D eigenvalue weighted by atomic mass is 9.85. The molecule has 3 aliphatic heterocycles. The molecule has 2 amide bonds. The first-order valence-electron chi connectivity index (χ1n) is 12.1. The minimum absolute atomic E-state index is 0.224. The van der Waals surface area contributed by atoms with Crippen LogP contribution in [0.15, 0.2) is 103 Å². The number of hydrogen-bond donors (Lipinski definition) is 0. The van der Waals surface area contributed by atoms with Gasteiger partial charge < -0.3 is 4.90 Å². The number of anilines is 1. The van der Waals surface area contributed by atoms with E-state index in [0.29, 0.717) is 21.7 Å². The van der Waals surface area contributed by atoms with Crippen LogP contribution in [0.1, 0.15) is 20.7 Å². The Morgan fingerprint density at radius 3 is 2.13 bits per heavy atom. The van der Waals surface area contributed by atoms with Crippen LogP contribution in [0.4, 0.5) is 10.1 Å². The molecule has 0 aromatic heterocycles. The number of ketones is 2. The molecule has 0 saturated carbocycles. The van der Waals surface area contributed by atoms with Gasteiger partial charge in [-0.25, -0.2) is 9.29 Å². The lowest BCUT2D eigenvalue weighted by molar-refractivity contribution is -0.123. The fourth-order valence-corrected chi connectivity index (χ4v) is 5.71. The molecule has 2 saturated heterocycles. The molecule has 0 bridgehead atoms. The van der Waals surface area contributed by atoms with Gasteiger partial charge in [-0.05, 0) is 54.6 Å². The third kappa shape index (κ3) is 3.78. The number of amides is 2. The number of allylic oxidation sites excluding steroid dienone is 2. The van der Waals surface area contributed by atoms with Crippen LogP contribution in [-0.2, 0) is 9.59 Å². The average Bonchev–Trinajstić information content (AvgIpc) is 3.41. The van der Waals surface area contributed by atoms with Gasteiger partial charge in [0.2, 0.25) is 11.8 Å². The summed E-state index contributed by atoms with van der Waals surface area (Å²) in [5.41, 5.74) is 1.44. The molecule has 0 unspecified atom stereocenters. The Morgan fingerprint density at radius 1 is 0.789 bits per heavy atom. The van der Waals surface area contributed by atoms with Crippen LogP contribution in [0.3, 0.4) is 0 Å². The van der Waals surface area contributed by atoms with Crippen LogP contribution in [-0.4, -0.2) is 40.4 Å². The monoisotopic (exact) mass is 526 g/mol. The summed E-state index contributed by atoms with van der Waals surface area (Å²) in [5.74, 6) is -3.99. The molecule has 0 N–H and O–H groups in total. The Morgan fingerprint density at radius 2 is 1.45 bits per heavy atom. The molecule has 6 rings (SSSR count). The summed E-state index contributed by atoms with van der Waals surface area (Å²) in [6, 6.07) is 18.5. The highest BCUT2D eigenvalue weighted by atomic mass is 35.5. The summed E-state index contributed by atoms with van der Waals surface area (Å²) >= 11 is 6.01. The van der Waals surface area contributed by atoms with Crippen molar-refractivity contribution in [2.24, 2.45) is 11.8 Å². The van der Waals surface area contributed by atoms with E-state index in [1.165, 1.54) is 24.3 Å². The molecule has 2 fully saturated rings. The van der Waals surface area contributed by atoms with Gasteiger partial charge in [-0.2, -0.15) is 0 Å². The predicted octanol–water partition coefficient (Wildman–Crippen LogP) is 4.86. The molecular weight excluding hydrogens is 507 g/mol. The lowest BCUT2D eigenvalue weighted by Crippen LogP contribution is -2.46. The van der Waals surface area contributed by atoms with Gasteiger partial charge in [0, 0.05) is 27.9 Å². The van der Waals surface area contributed by atoms with Crippen molar-refractivity contribution in [3.63, 3.8) is 0 Å². The van der Waals surface area contributed by atoms with Gasteiger partial charge in [0.15, 0.2) is 11.6 Å². The van der Waals surface area contributed by atoms with Crippen molar-refractivity contribution in [1.82, 2.24) is 4.90 Å². The van der Waals surface area contributed by atoms with Crippen molar-refractivity contribution in [3.05, 3.63) is 125 Å². The summed E-state index contributed by atoms with van der Waals surface area (Å²) in [5, 5.41) is 0.461. The minimum Gasteiger partial charge on any atom is -0.359 e. The Kier molecular flexibility index (Phi) is 5.80. The van der Waals surface area contributed by atoms with Gasteiger partial charge in [-0.3, -0.25) is 19.2 Å². The van der Waals surface area contributed by atoms with Crippen molar-refractivity contribution in [1.29, 1.82) is 0 Å². The molecule has 4 atom stereocenters. The number of carbonyl (C=O) groups excluding carboxylic acids is 4. The first-order valence-corrected chi connectivity index (χ1v) is 12.4. The molecular formula is C30H20ClFN2O4. The van der Waals surface area contributed by atoms with Crippen molar-refractivity contribution < 1.29 is 23.6 Å².